The van der Waals surface area contributed by atoms with E-state index in [4.69, 9.17) is 14.2 Å². The average Bonchev–Trinajstić information content (AvgIpc) is 2.74. The molecule has 32 heavy (non-hydrogen) atoms. The van der Waals surface area contributed by atoms with Crippen molar-refractivity contribution < 1.29 is 28.9 Å². The lowest BCUT2D eigenvalue weighted by atomic mass is 9.97. The largest absolute Gasteiger partial charge is 0.504 e. The maximum Gasteiger partial charge on any atom is 0.302 e. The maximum absolute atomic E-state index is 11.7. The average molecular weight is 449 g/mol. The lowest BCUT2D eigenvalue weighted by molar-refractivity contribution is -0.153. The molecule has 2 atom stereocenters. The summed E-state index contributed by atoms with van der Waals surface area (Å²) in [5.41, 5.74) is 1.01. The van der Waals surface area contributed by atoms with Gasteiger partial charge in [0.25, 0.3) is 0 Å². The standard InChI is InChI=1S/C26H40O6/c1-4-5-7-12-23(30-19(2)27)18-24(31-20(3)28)15-13-21-14-16-25(29)26(17-21)32-22-10-8-6-9-11-22/h14,16-17,22-24,29H,4-13,15,18H2,1-3H3. The van der Waals surface area contributed by atoms with Gasteiger partial charge in [0, 0.05) is 20.3 Å². The summed E-state index contributed by atoms with van der Waals surface area (Å²) in [5, 5.41) is 10.2. The van der Waals surface area contributed by atoms with Crippen LogP contribution >= 0.6 is 0 Å². The molecule has 1 aliphatic carbocycles. The van der Waals surface area contributed by atoms with Crippen LogP contribution in [0, 0.1) is 0 Å². The van der Waals surface area contributed by atoms with E-state index in [-0.39, 0.29) is 36.0 Å². The van der Waals surface area contributed by atoms with E-state index in [0.29, 0.717) is 25.0 Å². The van der Waals surface area contributed by atoms with Crippen LogP contribution in [0.4, 0.5) is 0 Å². The van der Waals surface area contributed by atoms with Gasteiger partial charge in [-0.05, 0) is 69.1 Å². The quantitative estimate of drug-likeness (QED) is 0.300. The number of aromatic hydroxyl groups is 1. The van der Waals surface area contributed by atoms with E-state index in [0.717, 1.165) is 56.9 Å². The summed E-state index contributed by atoms with van der Waals surface area (Å²) >= 11 is 0. The third kappa shape index (κ3) is 9.92. The second kappa shape index (κ2) is 14.0. The molecule has 1 aromatic rings. The Balaban J connectivity index is 1.99. The molecule has 2 unspecified atom stereocenters. The Kier molecular flexibility index (Phi) is 11.4. The van der Waals surface area contributed by atoms with Crippen molar-refractivity contribution in [2.45, 2.75) is 116 Å². The Morgan fingerprint density at radius 2 is 1.66 bits per heavy atom. The number of phenols is 1. The molecule has 6 nitrogen and oxygen atoms in total. The molecule has 0 amide bonds. The second-order valence-electron chi connectivity index (χ2n) is 8.91. The van der Waals surface area contributed by atoms with Gasteiger partial charge in [0.15, 0.2) is 11.5 Å². The molecular weight excluding hydrogens is 408 g/mol. The van der Waals surface area contributed by atoms with E-state index in [2.05, 4.69) is 6.92 Å². The third-order valence-electron chi connectivity index (χ3n) is 5.95. The van der Waals surface area contributed by atoms with Gasteiger partial charge in [-0.1, -0.05) is 32.3 Å². The molecule has 1 aromatic carbocycles. The second-order valence-corrected chi connectivity index (χ2v) is 8.91. The molecule has 0 spiro atoms. The van der Waals surface area contributed by atoms with Gasteiger partial charge in [0.2, 0.25) is 0 Å². The lowest BCUT2D eigenvalue weighted by Crippen LogP contribution is -2.27. The first-order chi connectivity index (χ1) is 15.4. The number of carbonyl (C=O) groups is 2. The van der Waals surface area contributed by atoms with Crippen molar-refractivity contribution in [2.24, 2.45) is 0 Å². The van der Waals surface area contributed by atoms with Gasteiger partial charge in [0.1, 0.15) is 12.2 Å². The summed E-state index contributed by atoms with van der Waals surface area (Å²) in [6.45, 7) is 4.95. The van der Waals surface area contributed by atoms with Gasteiger partial charge in [0.05, 0.1) is 6.10 Å². The Morgan fingerprint density at radius 3 is 2.28 bits per heavy atom. The summed E-state index contributed by atoms with van der Waals surface area (Å²) < 4.78 is 17.1. The molecular formula is C26H40O6. The molecule has 2 rings (SSSR count). The number of esters is 2. The van der Waals surface area contributed by atoms with Crippen LogP contribution in [-0.2, 0) is 25.5 Å². The fraction of sp³-hybridized carbons (Fsp3) is 0.692. The van der Waals surface area contributed by atoms with E-state index in [9.17, 15) is 14.7 Å². The SMILES string of the molecule is CCCCCC(CC(CCc1ccc(O)c(OC2CCCCC2)c1)OC(C)=O)OC(C)=O. The smallest absolute Gasteiger partial charge is 0.302 e. The molecule has 1 aliphatic rings. The van der Waals surface area contributed by atoms with Gasteiger partial charge in [-0.3, -0.25) is 9.59 Å². The Morgan fingerprint density at radius 1 is 1.00 bits per heavy atom. The zero-order valence-electron chi connectivity index (χ0n) is 19.9. The zero-order chi connectivity index (χ0) is 23.3. The first kappa shape index (κ1) is 26.0. The van der Waals surface area contributed by atoms with Crippen LogP contribution in [0.3, 0.4) is 0 Å². The number of hydrogen-bond donors (Lipinski definition) is 1. The van der Waals surface area contributed by atoms with Crippen molar-refractivity contribution in [2.75, 3.05) is 0 Å². The summed E-state index contributed by atoms with van der Waals surface area (Å²) in [4.78, 5) is 23.2. The summed E-state index contributed by atoms with van der Waals surface area (Å²) in [6.07, 6.45) is 10.9. The van der Waals surface area contributed by atoms with Crippen molar-refractivity contribution in [3.63, 3.8) is 0 Å². The number of phenolic OH excluding ortho intramolecular Hbond substituents is 1. The van der Waals surface area contributed by atoms with E-state index >= 15 is 0 Å². The van der Waals surface area contributed by atoms with Crippen molar-refractivity contribution in [1.29, 1.82) is 0 Å². The number of rotatable bonds is 13. The normalized spacial score (nSPS) is 16.2. The minimum Gasteiger partial charge on any atom is -0.504 e. The van der Waals surface area contributed by atoms with E-state index in [1.807, 2.05) is 12.1 Å². The van der Waals surface area contributed by atoms with Gasteiger partial charge < -0.3 is 19.3 Å². The fourth-order valence-corrected chi connectivity index (χ4v) is 4.33. The van der Waals surface area contributed by atoms with Crippen molar-refractivity contribution in [3.8, 4) is 11.5 Å². The lowest BCUT2D eigenvalue weighted by Gasteiger charge is -2.24. The number of hydrogen-bond acceptors (Lipinski definition) is 6. The number of aryl methyl sites for hydroxylation is 1. The predicted molar refractivity (Wildman–Crippen MR) is 124 cm³/mol. The highest BCUT2D eigenvalue weighted by molar-refractivity contribution is 5.66. The van der Waals surface area contributed by atoms with Crippen LogP contribution < -0.4 is 4.74 Å². The highest BCUT2D eigenvalue weighted by Crippen LogP contribution is 2.32. The fourth-order valence-electron chi connectivity index (χ4n) is 4.33. The minimum atomic E-state index is -0.338. The number of unbranched alkanes of at least 4 members (excludes halogenated alkanes) is 2. The van der Waals surface area contributed by atoms with Crippen LogP contribution in [0.25, 0.3) is 0 Å². The molecule has 0 aliphatic heterocycles. The number of ether oxygens (including phenoxy) is 3. The van der Waals surface area contributed by atoms with Crippen molar-refractivity contribution >= 4 is 11.9 Å². The molecule has 180 valence electrons. The number of benzene rings is 1. The van der Waals surface area contributed by atoms with E-state index in [1.54, 1.807) is 6.07 Å². The first-order valence-corrected chi connectivity index (χ1v) is 12.2. The van der Waals surface area contributed by atoms with Crippen molar-refractivity contribution in [1.82, 2.24) is 0 Å². The molecule has 0 bridgehead atoms. The molecule has 6 heteroatoms. The van der Waals surface area contributed by atoms with Gasteiger partial charge in [-0.15, -0.1) is 0 Å². The topological polar surface area (TPSA) is 82.1 Å². The predicted octanol–water partition coefficient (Wildman–Crippen LogP) is 5.87. The third-order valence-corrected chi connectivity index (χ3v) is 5.95. The first-order valence-electron chi connectivity index (χ1n) is 12.2. The molecule has 0 saturated heterocycles. The van der Waals surface area contributed by atoms with Gasteiger partial charge >= 0.3 is 11.9 Å². The Hall–Kier alpha value is -2.24. The Bertz CT molecular complexity index is 710. The maximum atomic E-state index is 11.7. The Labute approximate surface area is 192 Å². The molecule has 0 aromatic heterocycles. The van der Waals surface area contributed by atoms with Gasteiger partial charge in [-0.25, -0.2) is 0 Å². The molecule has 1 N–H and O–H groups in total. The molecule has 1 fully saturated rings. The minimum absolute atomic E-state index is 0.154. The van der Waals surface area contributed by atoms with Crippen LogP contribution in [0.5, 0.6) is 11.5 Å². The molecule has 0 heterocycles. The summed E-state index contributed by atoms with van der Waals surface area (Å²) in [7, 11) is 0. The summed E-state index contributed by atoms with van der Waals surface area (Å²) in [6, 6.07) is 5.43. The van der Waals surface area contributed by atoms with Crippen LogP contribution in [0.1, 0.15) is 97.0 Å². The van der Waals surface area contributed by atoms with Crippen LogP contribution in [-0.4, -0.2) is 35.4 Å². The van der Waals surface area contributed by atoms with E-state index in [1.165, 1.54) is 20.3 Å². The molecule has 1 saturated carbocycles. The highest BCUT2D eigenvalue weighted by Gasteiger charge is 2.22. The van der Waals surface area contributed by atoms with E-state index < -0.39 is 0 Å². The van der Waals surface area contributed by atoms with Crippen LogP contribution in [0.2, 0.25) is 0 Å². The summed E-state index contributed by atoms with van der Waals surface area (Å²) in [5.74, 6) is 0.0331. The van der Waals surface area contributed by atoms with Gasteiger partial charge in [-0.2, -0.15) is 0 Å². The zero-order valence-corrected chi connectivity index (χ0v) is 19.9. The van der Waals surface area contributed by atoms with Crippen LogP contribution in [0.15, 0.2) is 18.2 Å². The molecule has 0 radical (unpaired) electrons. The monoisotopic (exact) mass is 448 g/mol. The highest BCUT2D eigenvalue weighted by atomic mass is 16.6. The van der Waals surface area contributed by atoms with Crippen molar-refractivity contribution in [3.05, 3.63) is 23.8 Å². The number of carbonyl (C=O) groups excluding carboxylic acids is 2.